The Morgan fingerprint density at radius 2 is 2.00 bits per heavy atom. The maximum Gasteiger partial charge on any atom is 0.293 e. The molecule has 11 heteroatoms. The van der Waals surface area contributed by atoms with Crippen LogP contribution in [0.25, 0.3) is 6.08 Å². The molecule has 0 unspecified atom stereocenters. The van der Waals surface area contributed by atoms with Crippen molar-refractivity contribution in [3.05, 3.63) is 67.0 Å². The topological polar surface area (TPSA) is 108 Å². The lowest BCUT2D eigenvalue weighted by Gasteiger charge is -2.15. The number of halogens is 1. The van der Waals surface area contributed by atoms with Gasteiger partial charge in [-0.1, -0.05) is 12.1 Å². The number of imide groups is 1. The van der Waals surface area contributed by atoms with E-state index in [0.29, 0.717) is 58.2 Å². The SMILES string of the molecule is CCOc1cc(/C=C2/SC(=O)N(CCCOC)C2=O)cc(Br)c1OCc1cccc([N+](=O)[O-])c1. The smallest absolute Gasteiger partial charge is 0.293 e. The molecule has 2 aromatic rings. The molecule has 2 amide bonds. The van der Waals surface area contributed by atoms with Gasteiger partial charge in [0.25, 0.3) is 16.8 Å². The van der Waals surface area contributed by atoms with Gasteiger partial charge in [-0.05, 0) is 70.4 Å². The molecule has 1 heterocycles. The minimum absolute atomic E-state index is 0.0169. The number of nitrogens with zero attached hydrogens (tertiary/aromatic N) is 2. The van der Waals surface area contributed by atoms with E-state index in [1.54, 1.807) is 37.5 Å². The first kappa shape index (κ1) is 25.7. The van der Waals surface area contributed by atoms with Crippen LogP contribution in [0.3, 0.4) is 0 Å². The Labute approximate surface area is 209 Å². The molecule has 1 aliphatic heterocycles. The Morgan fingerprint density at radius 3 is 2.71 bits per heavy atom. The summed E-state index contributed by atoms with van der Waals surface area (Å²) in [6.45, 7) is 3.06. The molecule has 0 atom stereocenters. The summed E-state index contributed by atoms with van der Waals surface area (Å²) in [7, 11) is 1.57. The van der Waals surface area contributed by atoms with Crippen molar-refractivity contribution >= 4 is 50.6 Å². The molecule has 9 nitrogen and oxygen atoms in total. The lowest BCUT2D eigenvalue weighted by molar-refractivity contribution is -0.384. The average Bonchev–Trinajstić information content (AvgIpc) is 3.06. The van der Waals surface area contributed by atoms with Gasteiger partial charge in [-0.25, -0.2) is 0 Å². The Hall–Kier alpha value is -2.89. The first-order chi connectivity index (χ1) is 16.3. The van der Waals surface area contributed by atoms with Gasteiger partial charge in [0, 0.05) is 32.4 Å². The third kappa shape index (κ3) is 6.37. The fourth-order valence-electron chi connectivity index (χ4n) is 3.20. The van der Waals surface area contributed by atoms with Gasteiger partial charge in [0.05, 0.1) is 20.9 Å². The van der Waals surface area contributed by atoms with Crippen LogP contribution < -0.4 is 9.47 Å². The molecule has 0 saturated carbocycles. The van der Waals surface area contributed by atoms with E-state index < -0.39 is 4.92 Å². The van der Waals surface area contributed by atoms with Crippen molar-refractivity contribution in [3.8, 4) is 11.5 Å². The number of hydrogen-bond donors (Lipinski definition) is 0. The molecule has 1 saturated heterocycles. The van der Waals surface area contributed by atoms with Crippen molar-refractivity contribution in [3.63, 3.8) is 0 Å². The third-order valence-electron chi connectivity index (χ3n) is 4.74. The molecule has 2 aromatic carbocycles. The summed E-state index contributed by atoms with van der Waals surface area (Å²) < 4.78 is 17.2. The highest BCUT2D eigenvalue weighted by molar-refractivity contribution is 9.10. The van der Waals surface area contributed by atoms with E-state index >= 15 is 0 Å². The molecule has 0 bridgehead atoms. The van der Waals surface area contributed by atoms with E-state index in [1.807, 2.05) is 6.92 Å². The first-order valence-electron chi connectivity index (χ1n) is 10.4. The number of non-ortho nitro benzene ring substituents is 1. The third-order valence-corrected chi connectivity index (χ3v) is 6.23. The summed E-state index contributed by atoms with van der Waals surface area (Å²) in [6, 6.07) is 9.67. The molecule has 0 aliphatic carbocycles. The summed E-state index contributed by atoms with van der Waals surface area (Å²) in [6.07, 6.45) is 2.21. The molecule has 0 radical (unpaired) electrons. The summed E-state index contributed by atoms with van der Waals surface area (Å²) in [5.41, 5.74) is 1.27. The van der Waals surface area contributed by atoms with E-state index in [9.17, 15) is 19.7 Å². The van der Waals surface area contributed by atoms with E-state index in [1.165, 1.54) is 17.0 Å². The largest absolute Gasteiger partial charge is 0.490 e. The number of benzene rings is 2. The van der Waals surface area contributed by atoms with Crippen LogP contribution in [0.2, 0.25) is 0 Å². The van der Waals surface area contributed by atoms with Gasteiger partial charge in [0.15, 0.2) is 11.5 Å². The predicted octanol–water partition coefficient (Wildman–Crippen LogP) is 5.41. The number of amides is 2. The lowest BCUT2D eigenvalue weighted by atomic mass is 10.1. The molecule has 1 fully saturated rings. The monoisotopic (exact) mass is 550 g/mol. The summed E-state index contributed by atoms with van der Waals surface area (Å²) in [4.78, 5) is 37.0. The summed E-state index contributed by atoms with van der Waals surface area (Å²) >= 11 is 4.37. The van der Waals surface area contributed by atoms with Crippen LogP contribution in [0.4, 0.5) is 10.5 Å². The number of hydrogen-bond acceptors (Lipinski definition) is 8. The molecule has 0 aromatic heterocycles. The van der Waals surface area contributed by atoms with Crippen molar-refractivity contribution in [1.82, 2.24) is 4.90 Å². The van der Waals surface area contributed by atoms with Crippen LogP contribution >= 0.6 is 27.7 Å². The van der Waals surface area contributed by atoms with Crippen molar-refractivity contribution in [2.45, 2.75) is 20.0 Å². The summed E-state index contributed by atoms with van der Waals surface area (Å²) in [5.74, 6) is 0.525. The van der Waals surface area contributed by atoms with Gasteiger partial charge in [-0.15, -0.1) is 0 Å². The zero-order valence-corrected chi connectivity index (χ0v) is 21.0. The van der Waals surface area contributed by atoms with Gasteiger partial charge in [0.1, 0.15) is 6.61 Å². The fraction of sp³-hybridized carbons (Fsp3) is 0.304. The van der Waals surface area contributed by atoms with Crippen LogP contribution in [-0.2, 0) is 16.1 Å². The second-order valence-electron chi connectivity index (χ2n) is 7.16. The van der Waals surface area contributed by atoms with E-state index in [2.05, 4.69) is 15.9 Å². The van der Waals surface area contributed by atoms with Crippen molar-refractivity contribution < 1.29 is 28.7 Å². The second kappa shape index (κ2) is 12.0. The van der Waals surface area contributed by atoms with Crippen LogP contribution in [0, 0.1) is 10.1 Å². The van der Waals surface area contributed by atoms with Crippen molar-refractivity contribution in [2.75, 3.05) is 26.9 Å². The Morgan fingerprint density at radius 1 is 1.21 bits per heavy atom. The number of ether oxygens (including phenoxy) is 3. The molecule has 0 N–H and O–H groups in total. The molecule has 0 spiro atoms. The first-order valence-corrected chi connectivity index (χ1v) is 12.0. The maximum atomic E-state index is 12.7. The number of thioether (sulfide) groups is 1. The minimum atomic E-state index is -0.459. The number of rotatable bonds is 11. The van der Waals surface area contributed by atoms with Crippen LogP contribution in [0.5, 0.6) is 11.5 Å². The number of carbonyl (C=O) groups excluding carboxylic acids is 2. The standard InChI is InChI=1S/C23H23BrN2O7S/c1-3-32-19-12-16(13-20-22(27)25(23(28)34-20)8-5-9-31-2)11-18(24)21(19)33-14-15-6-4-7-17(10-15)26(29)30/h4,6-7,10-13H,3,5,8-9,14H2,1-2H3/b20-13+. The Bertz CT molecular complexity index is 1120. The molecule has 1 aliphatic rings. The average molecular weight is 551 g/mol. The van der Waals surface area contributed by atoms with E-state index in [0.717, 1.165) is 11.8 Å². The summed E-state index contributed by atoms with van der Waals surface area (Å²) in [5, 5.41) is 10.7. The van der Waals surface area contributed by atoms with Crippen molar-refractivity contribution in [1.29, 1.82) is 0 Å². The van der Waals surface area contributed by atoms with Gasteiger partial charge in [0.2, 0.25) is 0 Å². The van der Waals surface area contributed by atoms with Gasteiger partial charge in [-0.3, -0.25) is 24.6 Å². The maximum absolute atomic E-state index is 12.7. The number of methoxy groups -OCH3 is 1. The lowest BCUT2D eigenvalue weighted by Crippen LogP contribution is -2.29. The van der Waals surface area contributed by atoms with E-state index in [-0.39, 0.29) is 23.4 Å². The highest BCUT2D eigenvalue weighted by Gasteiger charge is 2.34. The Kier molecular flexibility index (Phi) is 9.08. The van der Waals surface area contributed by atoms with Crippen LogP contribution in [0.1, 0.15) is 24.5 Å². The van der Waals surface area contributed by atoms with Gasteiger partial charge in [-0.2, -0.15) is 0 Å². The highest BCUT2D eigenvalue weighted by atomic mass is 79.9. The second-order valence-corrected chi connectivity index (χ2v) is 9.01. The molecule has 34 heavy (non-hydrogen) atoms. The molecule has 180 valence electrons. The highest BCUT2D eigenvalue weighted by Crippen LogP contribution is 2.39. The normalized spacial score (nSPS) is 14.7. The van der Waals surface area contributed by atoms with Gasteiger partial charge < -0.3 is 14.2 Å². The molecule has 3 rings (SSSR count). The molecular weight excluding hydrogens is 528 g/mol. The number of nitro benzene ring substituents is 1. The zero-order valence-electron chi connectivity index (χ0n) is 18.6. The quantitative estimate of drug-likeness (QED) is 0.158. The zero-order chi connectivity index (χ0) is 24.7. The number of nitro groups is 1. The van der Waals surface area contributed by atoms with Crippen molar-refractivity contribution in [2.24, 2.45) is 0 Å². The predicted molar refractivity (Wildman–Crippen MR) is 132 cm³/mol. The fourth-order valence-corrected chi connectivity index (χ4v) is 4.64. The van der Waals surface area contributed by atoms with E-state index in [4.69, 9.17) is 14.2 Å². The minimum Gasteiger partial charge on any atom is -0.490 e. The Balaban J connectivity index is 1.81. The number of carbonyl (C=O) groups is 2. The van der Waals surface area contributed by atoms with Crippen LogP contribution in [-0.4, -0.2) is 47.8 Å². The van der Waals surface area contributed by atoms with Crippen LogP contribution in [0.15, 0.2) is 45.8 Å². The molecular formula is C23H23BrN2O7S. The van der Waals surface area contributed by atoms with Gasteiger partial charge >= 0.3 is 0 Å².